The molecular formula is C15H15BrN2O2. The maximum atomic E-state index is 10.7. The monoisotopic (exact) mass is 334 g/mol. The van der Waals surface area contributed by atoms with Crippen molar-refractivity contribution >= 4 is 21.6 Å². The van der Waals surface area contributed by atoms with Crippen LogP contribution in [0.1, 0.15) is 16.7 Å². The van der Waals surface area contributed by atoms with Gasteiger partial charge >= 0.3 is 0 Å². The summed E-state index contributed by atoms with van der Waals surface area (Å²) >= 11 is 3.53. The molecule has 0 radical (unpaired) electrons. The minimum Gasteiger partial charge on any atom is -0.309 e. The number of hydrogen-bond acceptors (Lipinski definition) is 3. The van der Waals surface area contributed by atoms with E-state index < -0.39 is 0 Å². The second kappa shape index (κ2) is 6.63. The Labute approximate surface area is 126 Å². The zero-order valence-electron chi connectivity index (χ0n) is 11.1. The summed E-state index contributed by atoms with van der Waals surface area (Å²) in [5, 5.41) is 14.0. The van der Waals surface area contributed by atoms with Gasteiger partial charge in [0.25, 0.3) is 5.69 Å². The predicted octanol–water partition coefficient (Wildman–Crippen LogP) is 3.96. The molecule has 0 saturated heterocycles. The van der Waals surface area contributed by atoms with Crippen LogP contribution in [-0.2, 0) is 13.1 Å². The molecule has 0 aliphatic carbocycles. The Morgan fingerprint density at radius 2 is 2.00 bits per heavy atom. The van der Waals surface area contributed by atoms with Gasteiger partial charge in [0.15, 0.2) is 0 Å². The van der Waals surface area contributed by atoms with E-state index in [1.54, 1.807) is 12.1 Å². The lowest BCUT2D eigenvalue weighted by Gasteiger charge is -2.08. The number of nitrogens with one attached hydrogen (secondary N) is 1. The molecule has 2 aromatic carbocycles. The van der Waals surface area contributed by atoms with Crippen molar-refractivity contribution in [3.63, 3.8) is 0 Å². The average molecular weight is 335 g/mol. The van der Waals surface area contributed by atoms with Crippen LogP contribution >= 0.6 is 15.9 Å². The van der Waals surface area contributed by atoms with Crippen LogP contribution in [0.4, 0.5) is 5.69 Å². The Hall–Kier alpha value is -1.72. The quantitative estimate of drug-likeness (QED) is 0.665. The van der Waals surface area contributed by atoms with E-state index in [0.717, 1.165) is 10.0 Å². The number of benzene rings is 2. The molecule has 1 N–H and O–H groups in total. The molecule has 2 rings (SSSR count). The topological polar surface area (TPSA) is 55.2 Å². The van der Waals surface area contributed by atoms with Crippen molar-refractivity contribution in [2.75, 3.05) is 0 Å². The molecule has 0 aliphatic heterocycles. The molecule has 0 bridgehead atoms. The first-order chi connectivity index (χ1) is 9.56. The fraction of sp³-hybridized carbons (Fsp3) is 0.200. The Morgan fingerprint density at radius 1 is 1.20 bits per heavy atom. The molecule has 104 valence electrons. The van der Waals surface area contributed by atoms with E-state index in [-0.39, 0.29) is 10.6 Å². The number of rotatable bonds is 5. The van der Waals surface area contributed by atoms with E-state index in [0.29, 0.717) is 13.1 Å². The molecule has 5 heteroatoms. The SMILES string of the molecule is Cc1ccc(CNCc2cccc([N+](=O)[O-])c2)c(Br)c1. The summed E-state index contributed by atoms with van der Waals surface area (Å²) in [5.41, 5.74) is 3.41. The molecule has 0 heterocycles. The number of nitro benzene ring substituents is 1. The molecule has 0 atom stereocenters. The third kappa shape index (κ3) is 3.88. The average Bonchev–Trinajstić information content (AvgIpc) is 2.41. The largest absolute Gasteiger partial charge is 0.309 e. The maximum absolute atomic E-state index is 10.7. The summed E-state index contributed by atoms with van der Waals surface area (Å²) in [7, 11) is 0. The first-order valence-electron chi connectivity index (χ1n) is 6.25. The first kappa shape index (κ1) is 14.7. The van der Waals surface area contributed by atoms with Gasteiger partial charge < -0.3 is 5.32 Å². The van der Waals surface area contributed by atoms with Crippen LogP contribution in [0.2, 0.25) is 0 Å². The van der Waals surface area contributed by atoms with Crippen molar-refractivity contribution in [1.29, 1.82) is 0 Å². The smallest absolute Gasteiger partial charge is 0.269 e. The zero-order chi connectivity index (χ0) is 14.5. The molecule has 0 saturated carbocycles. The highest BCUT2D eigenvalue weighted by Gasteiger charge is 2.05. The minimum absolute atomic E-state index is 0.126. The number of halogens is 1. The van der Waals surface area contributed by atoms with Crippen molar-refractivity contribution in [2.45, 2.75) is 20.0 Å². The van der Waals surface area contributed by atoms with Crippen LogP contribution in [-0.4, -0.2) is 4.92 Å². The molecule has 0 aromatic heterocycles. The van der Waals surface area contributed by atoms with Gasteiger partial charge in [0, 0.05) is 29.7 Å². The van der Waals surface area contributed by atoms with Crippen molar-refractivity contribution < 1.29 is 4.92 Å². The molecule has 0 unspecified atom stereocenters. The summed E-state index contributed by atoms with van der Waals surface area (Å²) in [6, 6.07) is 12.9. The van der Waals surface area contributed by atoms with E-state index in [2.05, 4.69) is 39.4 Å². The Bertz CT molecular complexity index is 629. The molecule has 0 fully saturated rings. The molecule has 0 aliphatic rings. The van der Waals surface area contributed by atoms with Gasteiger partial charge in [-0.1, -0.05) is 40.2 Å². The maximum Gasteiger partial charge on any atom is 0.269 e. The lowest BCUT2D eigenvalue weighted by Crippen LogP contribution is -2.13. The summed E-state index contributed by atoms with van der Waals surface area (Å²) in [5.74, 6) is 0. The molecule has 0 spiro atoms. The van der Waals surface area contributed by atoms with E-state index >= 15 is 0 Å². The fourth-order valence-corrected chi connectivity index (χ4v) is 2.55. The number of hydrogen-bond donors (Lipinski definition) is 1. The van der Waals surface area contributed by atoms with Gasteiger partial charge in [-0.2, -0.15) is 0 Å². The Kier molecular flexibility index (Phi) is 4.87. The Balaban J connectivity index is 1.96. The van der Waals surface area contributed by atoms with Gasteiger partial charge in [-0.25, -0.2) is 0 Å². The third-order valence-corrected chi connectivity index (χ3v) is 3.71. The normalized spacial score (nSPS) is 10.5. The highest BCUT2D eigenvalue weighted by atomic mass is 79.9. The number of nitrogens with zero attached hydrogens (tertiary/aromatic N) is 1. The summed E-state index contributed by atoms with van der Waals surface area (Å²) < 4.78 is 1.07. The number of nitro groups is 1. The van der Waals surface area contributed by atoms with E-state index in [1.807, 2.05) is 13.0 Å². The fourth-order valence-electron chi connectivity index (χ4n) is 1.92. The third-order valence-electron chi connectivity index (χ3n) is 2.97. The lowest BCUT2D eigenvalue weighted by atomic mass is 10.1. The van der Waals surface area contributed by atoms with Crippen molar-refractivity contribution in [1.82, 2.24) is 5.32 Å². The van der Waals surface area contributed by atoms with Crippen LogP contribution in [0.15, 0.2) is 46.9 Å². The summed E-state index contributed by atoms with van der Waals surface area (Å²) in [4.78, 5) is 10.3. The van der Waals surface area contributed by atoms with E-state index in [4.69, 9.17) is 0 Å². The predicted molar refractivity (Wildman–Crippen MR) is 82.5 cm³/mol. The zero-order valence-corrected chi connectivity index (χ0v) is 12.7. The molecule has 0 amide bonds. The second-order valence-corrected chi connectivity index (χ2v) is 5.48. The van der Waals surface area contributed by atoms with Gasteiger partial charge in [0.2, 0.25) is 0 Å². The van der Waals surface area contributed by atoms with Gasteiger partial charge in [-0.15, -0.1) is 0 Å². The van der Waals surface area contributed by atoms with Gasteiger partial charge in [-0.05, 0) is 29.7 Å². The Morgan fingerprint density at radius 3 is 2.70 bits per heavy atom. The highest BCUT2D eigenvalue weighted by molar-refractivity contribution is 9.10. The lowest BCUT2D eigenvalue weighted by molar-refractivity contribution is -0.384. The number of non-ortho nitro benzene ring substituents is 1. The van der Waals surface area contributed by atoms with Crippen LogP contribution in [0.25, 0.3) is 0 Å². The van der Waals surface area contributed by atoms with Crippen LogP contribution < -0.4 is 5.32 Å². The molecule has 4 nitrogen and oxygen atoms in total. The van der Waals surface area contributed by atoms with E-state index in [1.165, 1.54) is 17.2 Å². The van der Waals surface area contributed by atoms with Crippen LogP contribution in [0, 0.1) is 17.0 Å². The van der Waals surface area contributed by atoms with Crippen molar-refractivity contribution in [2.24, 2.45) is 0 Å². The first-order valence-corrected chi connectivity index (χ1v) is 7.04. The van der Waals surface area contributed by atoms with Crippen LogP contribution in [0.3, 0.4) is 0 Å². The van der Waals surface area contributed by atoms with E-state index in [9.17, 15) is 10.1 Å². The standard InChI is InChI=1S/C15H15BrN2O2/c1-11-5-6-13(15(16)7-11)10-17-9-12-3-2-4-14(8-12)18(19)20/h2-8,17H,9-10H2,1H3. The molecule has 2 aromatic rings. The second-order valence-electron chi connectivity index (χ2n) is 4.63. The molecule has 20 heavy (non-hydrogen) atoms. The molecular weight excluding hydrogens is 320 g/mol. The van der Waals surface area contributed by atoms with Gasteiger partial charge in [0.05, 0.1) is 4.92 Å². The highest BCUT2D eigenvalue weighted by Crippen LogP contribution is 2.18. The van der Waals surface area contributed by atoms with Crippen LogP contribution in [0.5, 0.6) is 0 Å². The number of aryl methyl sites for hydroxylation is 1. The van der Waals surface area contributed by atoms with Gasteiger partial charge in [-0.3, -0.25) is 10.1 Å². The summed E-state index contributed by atoms with van der Waals surface area (Å²) in [6.07, 6.45) is 0. The van der Waals surface area contributed by atoms with Crippen molar-refractivity contribution in [3.05, 3.63) is 73.7 Å². The van der Waals surface area contributed by atoms with Crippen molar-refractivity contribution in [3.8, 4) is 0 Å². The summed E-state index contributed by atoms with van der Waals surface area (Å²) in [6.45, 7) is 3.36. The minimum atomic E-state index is -0.375. The van der Waals surface area contributed by atoms with Gasteiger partial charge in [0.1, 0.15) is 0 Å².